The molecule has 8 nitrogen and oxygen atoms in total. The van der Waals surface area contributed by atoms with Gasteiger partial charge in [0.25, 0.3) is 0 Å². The van der Waals surface area contributed by atoms with E-state index in [0.717, 1.165) is 48.6 Å². The largest absolute Gasteiger partial charge is 0.456 e. The summed E-state index contributed by atoms with van der Waals surface area (Å²) in [7, 11) is 0. The average Bonchev–Trinajstić information content (AvgIpc) is 3.40. The van der Waals surface area contributed by atoms with Crippen molar-refractivity contribution in [3.05, 3.63) is 95.3 Å². The molecule has 2 saturated heterocycles. The fourth-order valence-electron chi connectivity index (χ4n) is 7.31. The number of benzene rings is 3. The van der Waals surface area contributed by atoms with E-state index in [9.17, 15) is 18.8 Å². The van der Waals surface area contributed by atoms with Gasteiger partial charge in [-0.15, -0.1) is 0 Å². The number of esters is 1. The fourth-order valence-corrected chi connectivity index (χ4v) is 7.31. The smallest absolute Gasteiger partial charge is 0.338 e. The molecular formula is C38H45FN4O4. The summed E-state index contributed by atoms with van der Waals surface area (Å²) in [4.78, 5) is 48.6. The van der Waals surface area contributed by atoms with Crippen LogP contribution >= 0.6 is 0 Å². The Hall–Kier alpha value is -4.24. The minimum atomic E-state index is -0.745. The highest BCUT2D eigenvalue weighted by Gasteiger charge is 2.53. The number of carbonyl (C=O) groups is 3. The SMILES string of the molecule is CC(C)(C)OC(=O)c1cccc(CN2CN(c3ccc(F)cc3)C3(CCN(CCCN4C(=O)C(C)(C)c5ccccc54)CC3)C2=O)c1. The van der Waals surface area contributed by atoms with Gasteiger partial charge in [-0.25, -0.2) is 9.18 Å². The number of nitrogens with zero attached hydrogens (tertiary/aromatic N) is 4. The Morgan fingerprint density at radius 1 is 0.894 bits per heavy atom. The quantitative estimate of drug-likeness (QED) is 0.276. The lowest BCUT2D eigenvalue weighted by atomic mass is 9.85. The van der Waals surface area contributed by atoms with Gasteiger partial charge in [0.15, 0.2) is 0 Å². The summed E-state index contributed by atoms with van der Waals surface area (Å²) in [6, 6.07) is 21.7. The maximum absolute atomic E-state index is 14.3. The van der Waals surface area contributed by atoms with E-state index in [0.29, 0.717) is 38.2 Å². The zero-order chi connectivity index (χ0) is 33.6. The van der Waals surface area contributed by atoms with Gasteiger partial charge in [0, 0.05) is 37.6 Å². The number of halogens is 1. The molecule has 3 aromatic rings. The van der Waals surface area contributed by atoms with Gasteiger partial charge in [0.1, 0.15) is 17.0 Å². The van der Waals surface area contributed by atoms with E-state index in [-0.39, 0.29) is 17.6 Å². The number of fused-ring (bicyclic) bond motifs is 1. The van der Waals surface area contributed by atoms with Crippen LogP contribution in [0.3, 0.4) is 0 Å². The second-order valence-corrected chi connectivity index (χ2v) is 14.6. The van der Waals surface area contributed by atoms with Crippen molar-refractivity contribution in [1.82, 2.24) is 9.80 Å². The van der Waals surface area contributed by atoms with Crippen molar-refractivity contribution >= 4 is 29.2 Å². The number of piperidine rings is 1. The van der Waals surface area contributed by atoms with Crippen molar-refractivity contribution in [3.63, 3.8) is 0 Å². The van der Waals surface area contributed by atoms with Gasteiger partial charge in [-0.05, 0) is 114 Å². The molecule has 3 aromatic carbocycles. The molecule has 0 saturated carbocycles. The van der Waals surface area contributed by atoms with Crippen LogP contribution in [0.25, 0.3) is 0 Å². The van der Waals surface area contributed by atoms with Crippen LogP contribution in [-0.2, 0) is 26.3 Å². The minimum Gasteiger partial charge on any atom is -0.456 e. The third-order valence-corrected chi connectivity index (χ3v) is 9.77. The Labute approximate surface area is 277 Å². The predicted octanol–water partition coefficient (Wildman–Crippen LogP) is 6.14. The maximum Gasteiger partial charge on any atom is 0.338 e. The number of carbonyl (C=O) groups excluding carboxylic acids is 3. The number of ether oxygens (including phenoxy) is 1. The molecule has 248 valence electrons. The van der Waals surface area contributed by atoms with E-state index < -0.39 is 22.5 Å². The molecule has 0 aliphatic carbocycles. The van der Waals surface area contributed by atoms with Gasteiger partial charge in [-0.3, -0.25) is 9.59 Å². The highest BCUT2D eigenvalue weighted by atomic mass is 19.1. The Kier molecular flexibility index (Phi) is 8.63. The highest BCUT2D eigenvalue weighted by molar-refractivity contribution is 6.07. The second-order valence-electron chi connectivity index (χ2n) is 14.6. The van der Waals surface area contributed by atoms with Crippen LogP contribution in [0.4, 0.5) is 15.8 Å². The molecule has 9 heteroatoms. The van der Waals surface area contributed by atoms with Gasteiger partial charge in [-0.2, -0.15) is 0 Å². The average molecular weight is 641 g/mol. The Balaban J connectivity index is 1.14. The minimum absolute atomic E-state index is 0.0469. The van der Waals surface area contributed by atoms with Crippen molar-refractivity contribution in [2.24, 2.45) is 0 Å². The summed E-state index contributed by atoms with van der Waals surface area (Å²) < 4.78 is 19.5. The van der Waals surface area contributed by atoms with Gasteiger partial charge in [0.05, 0.1) is 17.6 Å². The van der Waals surface area contributed by atoms with E-state index in [1.165, 1.54) is 12.1 Å². The van der Waals surface area contributed by atoms with Crippen LogP contribution in [0.15, 0.2) is 72.8 Å². The number of rotatable bonds is 8. The number of anilines is 2. The number of likely N-dealkylation sites (tertiary alicyclic amines) is 1. The molecule has 1 spiro atoms. The van der Waals surface area contributed by atoms with Crippen LogP contribution in [0.5, 0.6) is 0 Å². The Bertz CT molecular complexity index is 1660. The normalized spacial score (nSPS) is 19.1. The Morgan fingerprint density at radius 3 is 2.30 bits per heavy atom. The second kappa shape index (κ2) is 12.4. The van der Waals surface area contributed by atoms with E-state index >= 15 is 0 Å². The van der Waals surface area contributed by atoms with Crippen molar-refractivity contribution in [1.29, 1.82) is 0 Å². The molecule has 0 N–H and O–H groups in total. The number of para-hydroxylation sites is 1. The zero-order valence-corrected chi connectivity index (χ0v) is 28.1. The highest BCUT2D eigenvalue weighted by Crippen LogP contribution is 2.42. The topological polar surface area (TPSA) is 73.4 Å². The van der Waals surface area contributed by atoms with Crippen molar-refractivity contribution < 1.29 is 23.5 Å². The molecule has 3 aliphatic heterocycles. The Morgan fingerprint density at radius 2 is 1.60 bits per heavy atom. The first kappa shape index (κ1) is 32.7. The van der Waals surface area contributed by atoms with Gasteiger partial charge in [-0.1, -0.05) is 30.3 Å². The lowest BCUT2D eigenvalue weighted by Gasteiger charge is -2.43. The van der Waals surface area contributed by atoms with Crippen molar-refractivity contribution in [2.45, 2.75) is 77.0 Å². The summed E-state index contributed by atoms with van der Waals surface area (Å²) in [6.45, 7) is 13.2. The van der Waals surface area contributed by atoms with Crippen molar-refractivity contribution in [3.8, 4) is 0 Å². The van der Waals surface area contributed by atoms with Crippen LogP contribution in [0.1, 0.15) is 75.4 Å². The summed E-state index contributed by atoms with van der Waals surface area (Å²) in [6.07, 6.45) is 2.10. The first-order valence-corrected chi connectivity index (χ1v) is 16.6. The molecule has 0 radical (unpaired) electrons. The van der Waals surface area contributed by atoms with Crippen molar-refractivity contribution in [2.75, 3.05) is 42.6 Å². The first-order chi connectivity index (χ1) is 22.3. The van der Waals surface area contributed by atoms with E-state index in [2.05, 4.69) is 9.80 Å². The van der Waals surface area contributed by atoms with E-state index in [1.54, 1.807) is 24.3 Å². The van der Waals surface area contributed by atoms with Crippen LogP contribution in [-0.4, -0.2) is 71.6 Å². The molecule has 0 aromatic heterocycles. The molecule has 3 heterocycles. The summed E-state index contributed by atoms with van der Waals surface area (Å²) in [5, 5.41) is 0. The molecule has 0 bridgehead atoms. The van der Waals surface area contributed by atoms with Crippen LogP contribution in [0.2, 0.25) is 0 Å². The molecule has 6 rings (SSSR count). The zero-order valence-electron chi connectivity index (χ0n) is 28.1. The van der Waals surface area contributed by atoms with E-state index in [1.807, 2.05) is 80.8 Å². The van der Waals surface area contributed by atoms with Crippen LogP contribution in [0, 0.1) is 5.82 Å². The molecular weight excluding hydrogens is 595 g/mol. The van der Waals surface area contributed by atoms with Gasteiger partial charge in [0.2, 0.25) is 11.8 Å². The summed E-state index contributed by atoms with van der Waals surface area (Å²) >= 11 is 0. The number of hydrogen-bond acceptors (Lipinski definition) is 6. The third-order valence-electron chi connectivity index (χ3n) is 9.77. The monoisotopic (exact) mass is 640 g/mol. The molecule has 47 heavy (non-hydrogen) atoms. The molecule has 2 fully saturated rings. The van der Waals surface area contributed by atoms with Crippen LogP contribution < -0.4 is 9.80 Å². The third kappa shape index (κ3) is 6.38. The number of amides is 2. The lowest BCUT2D eigenvalue weighted by molar-refractivity contribution is -0.134. The maximum atomic E-state index is 14.3. The van der Waals surface area contributed by atoms with Gasteiger partial charge < -0.3 is 24.3 Å². The van der Waals surface area contributed by atoms with E-state index in [4.69, 9.17) is 4.74 Å². The first-order valence-electron chi connectivity index (χ1n) is 16.6. The summed E-state index contributed by atoms with van der Waals surface area (Å²) in [5.74, 6) is -0.530. The fraction of sp³-hybridized carbons (Fsp3) is 0.447. The molecule has 2 amide bonds. The summed E-state index contributed by atoms with van der Waals surface area (Å²) in [5.41, 5.74) is 2.31. The van der Waals surface area contributed by atoms with Gasteiger partial charge >= 0.3 is 5.97 Å². The lowest BCUT2D eigenvalue weighted by Crippen LogP contribution is -2.56. The molecule has 0 unspecified atom stereocenters. The number of hydrogen-bond donors (Lipinski definition) is 0. The molecule has 3 aliphatic rings. The molecule has 0 atom stereocenters. The standard InChI is InChI=1S/C38H45FN4O4/c1-36(2,3)47-33(44)28-11-8-10-27(24-28)25-41-26-43(30-16-14-29(39)15-17-30)38(35(41)46)18-22-40(23-19-38)20-9-21-42-32-13-7-6-12-31(32)37(4,5)34(42)45/h6-8,10-17,24H,9,18-23,25-26H2,1-5H3. The predicted molar refractivity (Wildman–Crippen MR) is 181 cm³/mol.